The van der Waals surface area contributed by atoms with Crippen LogP contribution in [-0.2, 0) is 4.79 Å². The Balaban J connectivity index is 2.39. The van der Waals surface area contributed by atoms with Gasteiger partial charge in [0.25, 0.3) is 0 Å². The summed E-state index contributed by atoms with van der Waals surface area (Å²) in [7, 11) is 0. The molecule has 1 saturated heterocycles. The molecule has 1 atom stereocenters. The molecule has 0 amide bonds. The summed E-state index contributed by atoms with van der Waals surface area (Å²) >= 11 is 0. The van der Waals surface area contributed by atoms with E-state index in [-0.39, 0.29) is 0 Å². The highest BCUT2D eigenvalue weighted by molar-refractivity contribution is 5.75. The number of unbranched alkanes of at least 4 members (excludes halogenated alkanes) is 3. The molecule has 0 radical (unpaired) electrons. The van der Waals surface area contributed by atoms with Crippen LogP contribution in [0.1, 0.15) is 51.9 Å². The highest BCUT2D eigenvalue weighted by Crippen LogP contribution is 2.32. The fraction of sp³-hybridized carbons (Fsp3) is 0.917. The van der Waals surface area contributed by atoms with Crippen LogP contribution in [0.25, 0.3) is 0 Å². The highest BCUT2D eigenvalue weighted by Gasteiger charge is 2.38. The first kappa shape index (κ1) is 12.5. The number of carboxylic acid groups (broad SMARTS) is 1. The highest BCUT2D eigenvalue weighted by atomic mass is 16.4. The lowest BCUT2D eigenvalue weighted by molar-refractivity contribution is -0.150. The smallest absolute Gasteiger partial charge is 0.310 e. The maximum atomic E-state index is 11.3. The Morgan fingerprint density at radius 2 is 2.20 bits per heavy atom. The molecule has 0 saturated carbocycles. The van der Waals surface area contributed by atoms with Crippen molar-refractivity contribution in [3.05, 3.63) is 0 Å². The molecule has 1 rings (SSSR count). The summed E-state index contributed by atoms with van der Waals surface area (Å²) in [5.74, 6) is -0.605. The lowest BCUT2D eigenvalue weighted by Crippen LogP contribution is -2.45. The van der Waals surface area contributed by atoms with Gasteiger partial charge >= 0.3 is 5.97 Å². The molecule has 0 bridgehead atoms. The number of hydrogen-bond acceptors (Lipinski definition) is 2. The van der Waals surface area contributed by atoms with Gasteiger partial charge in [0.15, 0.2) is 0 Å². The monoisotopic (exact) mass is 213 g/mol. The fourth-order valence-corrected chi connectivity index (χ4v) is 2.36. The molecule has 0 spiro atoms. The van der Waals surface area contributed by atoms with E-state index in [1.165, 1.54) is 19.3 Å². The SMILES string of the molecule is CCCCCCC1(C(=O)O)CCCNC1. The Morgan fingerprint density at radius 1 is 1.40 bits per heavy atom. The summed E-state index contributed by atoms with van der Waals surface area (Å²) in [5, 5.41) is 12.5. The third-order valence-electron chi connectivity index (χ3n) is 3.43. The lowest BCUT2D eigenvalue weighted by atomic mass is 9.76. The van der Waals surface area contributed by atoms with Gasteiger partial charge in [0.1, 0.15) is 0 Å². The fourth-order valence-electron chi connectivity index (χ4n) is 2.36. The Morgan fingerprint density at radius 3 is 2.73 bits per heavy atom. The summed E-state index contributed by atoms with van der Waals surface area (Å²) in [6.07, 6.45) is 7.35. The average Bonchev–Trinajstić information content (AvgIpc) is 2.26. The van der Waals surface area contributed by atoms with Gasteiger partial charge < -0.3 is 10.4 Å². The van der Waals surface area contributed by atoms with E-state index in [0.717, 1.165) is 32.2 Å². The van der Waals surface area contributed by atoms with Gasteiger partial charge in [0, 0.05) is 6.54 Å². The van der Waals surface area contributed by atoms with Crippen LogP contribution in [0.5, 0.6) is 0 Å². The molecular formula is C12H23NO2. The average molecular weight is 213 g/mol. The van der Waals surface area contributed by atoms with Gasteiger partial charge in [-0.1, -0.05) is 32.6 Å². The normalized spacial score (nSPS) is 26.5. The number of carboxylic acids is 1. The first-order chi connectivity index (χ1) is 7.21. The summed E-state index contributed by atoms with van der Waals surface area (Å²) in [6.45, 7) is 3.81. The number of rotatable bonds is 6. The van der Waals surface area contributed by atoms with Crippen LogP contribution in [-0.4, -0.2) is 24.2 Å². The third kappa shape index (κ3) is 3.49. The molecule has 0 aromatic heterocycles. The molecule has 1 aliphatic heterocycles. The van der Waals surface area contributed by atoms with E-state index in [1.807, 2.05) is 0 Å². The van der Waals surface area contributed by atoms with Crippen LogP contribution >= 0.6 is 0 Å². The summed E-state index contributed by atoms with van der Waals surface area (Å²) in [5.41, 5.74) is -0.466. The molecule has 15 heavy (non-hydrogen) atoms. The van der Waals surface area contributed by atoms with Crippen molar-refractivity contribution < 1.29 is 9.90 Å². The van der Waals surface area contributed by atoms with Gasteiger partial charge in [0.05, 0.1) is 5.41 Å². The largest absolute Gasteiger partial charge is 0.481 e. The third-order valence-corrected chi connectivity index (χ3v) is 3.43. The van der Waals surface area contributed by atoms with Gasteiger partial charge in [-0.25, -0.2) is 0 Å². The summed E-state index contributed by atoms with van der Waals surface area (Å²) in [6, 6.07) is 0. The van der Waals surface area contributed by atoms with E-state index in [1.54, 1.807) is 0 Å². The molecular weight excluding hydrogens is 190 g/mol. The molecule has 3 nitrogen and oxygen atoms in total. The van der Waals surface area contributed by atoms with Crippen molar-refractivity contribution >= 4 is 5.97 Å². The Hall–Kier alpha value is -0.570. The first-order valence-corrected chi connectivity index (χ1v) is 6.15. The molecule has 3 heteroatoms. The van der Waals surface area contributed by atoms with Crippen LogP contribution < -0.4 is 5.32 Å². The van der Waals surface area contributed by atoms with Gasteiger partial charge in [-0.05, 0) is 25.8 Å². The topological polar surface area (TPSA) is 49.3 Å². The molecule has 1 aliphatic rings. The van der Waals surface area contributed by atoms with Crippen LogP contribution in [0.4, 0.5) is 0 Å². The van der Waals surface area contributed by atoms with Crippen molar-refractivity contribution in [2.24, 2.45) is 5.41 Å². The molecule has 1 unspecified atom stereocenters. The molecule has 0 aromatic carbocycles. The number of piperidine rings is 1. The number of aliphatic carboxylic acids is 1. The molecule has 0 aliphatic carbocycles. The van der Waals surface area contributed by atoms with Gasteiger partial charge in [-0.3, -0.25) is 4.79 Å². The Bertz CT molecular complexity index is 198. The quantitative estimate of drug-likeness (QED) is 0.666. The zero-order valence-corrected chi connectivity index (χ0v) is 9.72. The molecule has 1 fully saturated rings. The van der Waals surface area contributed by atoms with Crippen LogP contribution in [0.15, 0.2) is 0 Å². The molecule has 2 N–H and O–H groups in total. The minimum atomic E-state index is -0.605. The van der Waals surface area contributed by atoms with Gasteiger partial charge in [-0.15, -0.1) is 0 Å². The minimum absolute atomic E-state index is 0.466. The van der Waals surface area contributed by atoms with Crippen molar-refractivity contribution in [1.29, 1.82) is 0 Å². The van der Waals surface area contributed by atoms with E-state index in [4.69, 9.17) is 0 Å². The second kappa shape index (κ2) is 6.11. The van der Waals surface area contributed by atoms with Crippen LogP contribution in [0.2, 0.25) is 0 Å². The zero-order chi connectivity index (χ0) is 11.1. The van der Waals surface area contributed by atoms with Crippen molar-refractivity contribution in [2.45, 2.75) is 51.9 Å². The van der Waals surface area contributed by atoms with Crippen molar-refractivity contribution in [2.75, 3.05) is 13.1 Å². The van der Waals surface area contributed by atoms with E-state index in [2.05, 4.69) is 12.2 Å². The van der Waals surface area contributed by atoms with Gasteiger partial charge in [-0.2, -0.15) is 0 Å². The zero-order valence-electron chi connectivity index (χ0n) is 9.72. The second-order valence-corrected chi connectivity index (χ2v) is 4.68. The second-order valence-electron chi connectivity index (χ2n) is 4.68. The lowest BCUT2D eigenvalue weighted by Gasteiger charge is -2.33. The van der Waals surface area contributed by atoms with Crippen LogP contribution in [0.3, 0.4) is 0 Å². The van der Waals surface area contributed by atoms with Gasteiger partial charge in [0.2, 0.25) is 0 Å². The molecule has 0 aromatic rings. The summed E-state index contributed by atoms with van der Waals surface area (Å²) < 4.78 is 0. The number of hydrogen-bond donors (Lipinski definition) is 2. The van der Waals surface area contributed by atoms with Crippen molar-refractivity contribution in [3.63, 3.8) is 0 Å². The summed E-state index contributed by atoms with van der Waals surface area (Å²) in [4.78, 5) is 11.3. The van der Waals surface area contributed by atoms with E-state index < -0.39 is 11.4 Å². The molecule has 88 valence electrons. The maximum Gasteiger partial charge on any atom is 0.310 e. The van der Waals surface area contributed by atoms with E-state index >= 15 is 0 Å². The van der Waals surface area contributed by atoms with Crippen LogP contribution in [0, 0.1) is 5.41 Å². The first-order valence-electron chi connectivity index (χ1n) is 6.15. The molecule has 1 heterocycles. The predicted octanol–water partition coefficient (Wildman–Crippen LogP) is 2.41. The Labute approximate surface area is 92.3 Å². The number of nitrogens with one attached hydrogen (secondary N) is 1. The standard InChI is InChI=1S/C12H23NO2/c1-2-3-4-5-7-12(11(14)15)8-6-9-13-10-12/h13H,2-10H2,1H3,(H,14,15). The predicted molar refractivity (Wildman–Crippen MR) is 60.9 cm³/mol. The van der Waals surface area contributed by atoms with Crippen molar-refractivity contribution in [3.8, 4) is 0 Å². The van der Waals surface area contributed by atoms with E-state index in [0.29, 0.717) is 6.54 Å². The van der Waals surface area contributed by atoms with Crippen molar-refractivity contribution in [1.82, 2.24) is 5.32 Å². The maximum absolute atomic E-state index is 11.3. The Kier molecular flexibility index (Phi) is 5.09. The minimum Gasteiger partial charge on any atom is -0.481 e. The van der Waals surface area contributed by atoms with E-state index in [9.17, 15) is 9.90 Å². The number of carbonyl (C=O) groups is 1.